The van der Waals surface area contributed by atoms with Crippen molar-refractivity contribution in [2.75, 3.05) is 13.1 Å². The van der Waals surface area contributed by atoms with Crippen LogP contribution in [0.5, 0.6) is 0 Å². The Morgan fingerprint density at radius 2 is 2.06 bits per heavy atom. The highest BCUT2D eigenvalue weighted by atomic mass is 16.5. The van der Waals surface area contributed by atoms with Crippen LogP contribution in [0.3, 0.4) is 0 Å². The molecule has 3 atom stereocenters. The highest BCUT2D eigenvalue weighted by Gasteiger charge is 2.34. The van der Waals surface area contributed by atoms with Gasteiger partial charge in [0.1, 0.15) is 6.10 Å². The number of carbonyl (C=O) groups excluding carboxylic acids is 1. The minimum atomic E-state index is -0.198. The summed E-state index contributed by atoms with van der Waals surface area (Å²) in [5.41, 5.74) is 0. The summed E-state index contributed by atoms with van der Waals surface area (Å²) in [4.78, 5) is 13.1. The molecule has 2 fully saturated rings. The Balaban J connectivity index is 1.85. The minimum absolute atomic E-state index is 0.0339. The van der Waals surface area contributed by atoms with Gasteiger partial charge in [-0.2, -0.15) is 0 Å². The lowest BCUT2D eigenvalue weighted by Gasteiger charge is -2.34. The van der Waals surface area contributed by atoms with Crippen molar-refractivity contribution in [2.24, 2.45) is 0 Å². The standard InChI is InChI=1S/C12H21NO3/c1-9(14)16-10-6-7-13(8-10)11-4-2-3-5-12(11)15/h10-12,15H,2-8H2,1H3/t10-,11-,12?/m1/s1. The fraction of sp³-hybridized carbons (Fsp3) is 0.917. The van der Waals surface area contributed by atoms with Gasteiger partial charge >= 0.3 is 5.97 Å². The number of rotatable bonds is 2. The van der Waals surface area contributed by atoms with Gasteiger partial charge in [0.25, 0.3) is 0 Å². The van der Waals surface area contributed by atoms with Crippen molar-refractivity contribution in [3.05, 3.63) is 0 Å². The molecular weight excluding hydrogens is 206 g/mol. The van der Waals surface area contributed by atoms with E-state index in [-0.39, 0.29) is 24.2 Å². The van der Waals surface area contributed by atoms with E-state index in [1.54, 1.807) is 0 Å². The first-order valence-electron chi connectivity index (χ1n) is 6.26. The number of hydrogen-bond donors (Lipinski definition) is 1. The summed E-state index contributed by atoms with van der Waals surface area (Å²) in [7, 11) is 0. The van der Waals surface area contributed by atoms with Gasteiger partial charge in [-0.25, -0.2) is 0 Å². The predicted octanol–water partition coefficient (Wildman–Crippen LogP) is 0.927. The summed E-state index contributed by atoms with van der Waals surface area (Å²) in [5.74, 6) is -0.198. The largest absolute Gasteiger partial charge is 0.461 e. The molecule has 2 rings (SSSR count). The second-order valence-corrected chi connectivity index (χ2v) is 4.93. The first-order chi connectivity index (χ1) is 7.66. The fourth-order valence-electron chi connectivity index (χ4n) is 2.90. The van der Waals surface area contributed by atoms with Crippen LogP contribution in [0, 0.1) is 0 Å². The van der Waals surface area contributed by atoms with E-state index in [0.29, 0.717) is 0 Å². The van der Waals surface area contributed by atoms with E-state index in [1.165, 1.54) is 13.3 Å². The lowest BCUT2D eigenvalue weighted by molar-refractivity contribution is -0.145. The SMILES string of the molecule is CC(=O)O[C@@H]1CCN([C@@H]2CCCCC2O)C1. The van der Waals surface area contributed by atoms with E-state index < -0.39 is 0 Å². The van der Waals surface area contributed by atoms with E-state index in [0.717, 1.165) is 38.8 Å². The number of nitrogens with zero attached hydrogens (tertiary/aromatic N) is 1. The van der Waals surface area contributed by atoms with Gasteiger partial charge < -0.3 is 9.84 Å². The van der Waals surface area contributed by atoms with Crippen molar-refractivity contribution >= 4 is 5.97 Å². The van der Waals surface area contributed by atoms with Crippen LogP contribution in [0.2, 0.25) is 0 Å². The molecule has 1 unspecified atom stereocenters. The Morgan fingerprint density at radius 3 is 2.75 bits per heavy atom. The van der Waals surface area contributed by atoms with Crippen LogP contribution < -0.4 is 0 Å². The van der Waals surface area contributed by atoms with Gasteiger partial charge in [-0.05, 0) is 19.3 Å². The van der Waals surface area contributed by atoms with Crippen molar-refractivity contribution in [1.82, 2.24) is 4.90 Å². The summed E-state index contributed by atoms with van der Waals surface area (Å²) < 4.78 is 5.21. The molecule has 1 aliphatic heterocycles. The molecule has 16 heavy (non-hydrogen) atoms. The van der Waals surface area contributed by atoms with Crippen molar-refractivity contribution < 1.29 is 14.6 Å². The van der Waals surface area contributed by atoms with E-state index in [9.17, 15) is 9.90 Å². The van der Waals surface area contributed by atoms with Crippen LogP contribution in [0.15, 0.2) is 0 Å². The van der Waals surface area contributed by atoms with Crippen LogP contribution in [-0.4, -0.2) is 47.3 Å². The number of aliphatic hydroxyl groups excluding tert-OH is 1. The average Bonchev–Trinajstić information content (AvgIpc) is 2.66. The van der Waals surface area contributed by atoms with E-state index in [1.807, 2.05) is 0 Å². The third kappa shape index (κ3) is 2.74. The van der Waals surface area contributed by atoms with Gasteiger partial charge in [0.05, 0.1) is 6.10 Å². The van der Waals surface area contributed by atoms with Crippen LogP contribution in [0.1, 0.15) is 39.0 Å². The van der Waals surface area contributed by atoms with Gasteiger partial charge in [0.2, 0.25) is 0 Å². The lowest BCUT2D eigenvalue weighted by atomic mass is 9.91. The zero-order valence-corrected chi connectivity index (χ0v) is 9.89. The number of likely N-dealkylation sites (tertiary alicyclic amines) is 1. The summed E-state index contributed by atoms with van der Waals surface area (Å²) in [6, 6.07) is 0.286. The maximum atomic E-state index is 10.9. The molecule has 92 valence electrons. The first kappa shape index (κ1) is 11.9. The Morgan fingerprint density at radius 1 is 1.31 bits per heavy atom. The van der Waals surface area contributed by atoms with E-state index in [4.69, 9.17) is 4.74 Å². The minimum Gasteiger partial charge on any atom is -0.461 e. The maximum Gasteiger partial charge on any atom is 0.302 e. The zero-order chi connectivity index (χ0) is 11.5. The van der Waals surface area contributed by atoms with Gasteiger partial charge in [-0.15, -0.1) is 0 Å². The average molecular weight is 227 g/mol. The van der Waals surface area contributed by atoms with Crippen molar-refractivity contribution in [1.29, 1.82) is 0 Å². The molecule has 0 spiro atoms. The third-order valence-corrected chi connectivity index (χ3v) is 3.67. The number of hydrogen-bond acceptors (Lipinski definition) is 4. The van der Waals surface area contributed by atoms with Gasteiger partial charge in [-0.3, -0.25) is 9.69 Å². The lowest BCUT2D eigenvalue weighted by Crippen LogP contribution is -2.44. The molecule has 0 radical (unpaired) electrons. The molecule has 1 heterocycles. The second kappa shape index (κ2) is 5.15. The number of esters is 1. The third-order valence-electron chi connectivity index (χ3n) is 3.67. The molecule has 1 saturated heterocycles. The van der Waals surface area contributed by atoms with Crippen molar-refractivity contribution in [3.63, 3.8) is 0 Å². The first-order valence-corrected chi connectivity index (χ1v) is 6.26. The molecule has 0 aromatic heterocycles. The Kier molecular flexibility index (Phi) is 3.82. The smallest absolute Gasteiger partial charge is 0.302 e. The van der Waals surface area contributed by atoms with Crippen LogP contribution in [0.25, 0.3) is 0 Å². The molecule has 4 heteroatoms. The van der Waals surface area contributed by atoms with Crippen LogP contribution in [-0.2, 0) is 9.53 Å². The van der Waals surface area contributed by atoms with E-state index >= 15 is 0 Å². The Labute approximate surface area is 96.6 Å². The highest BCUT2D eigenvalue weighted by Crippen LogP contribution is 2.26. The zero-order valence-electron chi connectivity index (χ0n) is 9.89. The molecular formula is C12H21NO3. The Bertz CT molecular complexity index is 257. The van der Waals surface area contributed by atoms with E-state index in [2.05, 4.69) is 4.90 Å². The molecule has 0 amide bonds. The van der Waals surface area contributed by atoms with Gasteiger partial charge in [0.15, 0.2) is 0 Å². The number of aliphatic hydroxyl groups is 1. The summed E-state index contributed by atoms with van der Waals surface area (Å²) in [5, 5.41) is 9.95. The fourth-order valence-corrected chi connectivity index (χ4v) is 2.90. The molecule has 0 aromatic rings. The normalized spacial score (nSPS) is 36.2. The molecule has 4 nitrogen and oxygen atoms in total. The number of ether oxygens (including phenoxy) is 1. The molecule has 1 saturated carbocycles. The summed E-state index contributed by atoms with van der Waals surface area (Å²) >= 11 is 0. The topological polar surface area (TPSA) is 49.8 Å². The Hall–Kier alpha value is -0.610. The van der Waals surface area contributed by atoms with Crippen LogP contribution >= 0.6 is 0 Å². The van der Waals surface area contributed by atoms with Gasteiger partial charge in [0, 0.05) is 26.1 Å². The second-order valence-electron chi connectivity index (χ2n) is 4.93. The maximum absolute atomic E-state index is 10.9. The quantitative estimate of drug-likeness (QED) is 0.713. The molecule has 1 aliphatic carbocycles. The molecule has 1 N–H and O–H groups in total. The van der Waals surface area contributed by atoms with Crippen molar-refractivity contribution in [3.8, 4) is 0 Å². The van der Waals surface area contributed by atoms with Gasteiger partial charge in [-0.1, -0.05) is 12.8 Å². The highest BCUT2D eigenvalue weighted by molar-refractivity contribution is 5.66. The number of carbonyl (C=O) groups is 1. The van der Waals surface area contributed by atoms with Crippen molar-refractivity contribution in [2.45, 2.75) is 57.3 Å². The molecule has 2 aliphatic rings. The summed E-state index contributed by atoms with van der Waals surface area (Å²) in [6.45, 7) is 3.19. The predicted molar refractivity (Wildman–Crippen MR) is 60.0 cm³/mol. The molecule has 0 bridgehead atoms. The summed E-state index contributed by atoms with van der Waals surface area (Å²) in [6.07, 6.45) is 5.09. The molecule has 0 aromatic carbocycles. The monoisotopic (exact) mass is 227 g/mol. The van der Waals surface area contributed by atoms with Crippen LogP contribution in [0.4, 0.5) is 0 Å².